The molecule has 0 atom stereocenters. The van der Waals surface area contributed by atoms with Crippen molar-refractivity contribution in [1.82, 2.24) is 15.2 Å². The van der Waals surface area contributed by atoms with Gasteiger partial charge in [0.15, 0.2) is 11.5 Å². The molecule has 2 aromatic rings. The van der Waals surface area contributed by atoms with Crippen LogP contribution in [-0.4, -0.2) is 75.7 Å². The van der Waals surface area contributed by atoms with Crippen molar-refractivity contribution < 1.29 is 23.7 Å². The van der Waals surface area contributed by atoms with E-state index in [4.69, 9.17) is 23.7 Å². The van der Waals surface area contributed by atoms with E-state index in [9.17, 15) is 0 Å². The molecule has 0 bridgehead atoms. The van der Waals surface area contributed by atoms with Crippen molar-refractivity contribution in [1.29, 1.82) is 0 Å². The Morgan fingerprint density at radius 2 is 1.85 bits per heavy atom. The molecule has 3 aliphatic rings. The second kappa shape index (κ2) is 14.7. The van der Waals surface area contributed by atoms with Crippen LogP contribution in [0, 0.1) is 5.92 Å². The number of hydrogen-bond donors (Lipinski definition) is 1. The van der Waals surface area contributed by atoms with E-state index < -0.39 is 0 Å². The summed E-state index contributed by atoms with van der Waals surface area (Å²) in [6.45, 7) is 9.03. The number of rotatable bonds is 14. The molecule has 0 spiro atoms. The van der Waals surface area contributed by atoms with Crippen molar-refractivity contribution in [3.05, 3.63) is 48.0 Å². The first-order chi connectivity index (χ1) is 19.7. The van der Waals surface area contributed by atoms with Gasteiger partial charge in [0.2, 0.25) is 0 Å². The Labute approximate surface area is 238 Å². The van der Waals surface area contributed by atoms with Gasteiger partial charge in [-0.25, -0.2) is 0 Å². The highest BCUT2D eigenvalue weighted by Crippen LogP contribution is 2.38. The van der Waals surface area contributed by atoms with Gasteiger partial charge in [-0.3, -0.25) is 9.88 Å². The Bertz CT molecular complexity index is 1150. The van der Waals surface area contributed by atoms with Gasteiger partial charge >= 0.3 is 0 Å². The molecule has 3 heterocycles. The highest BCUT2D eigenvalue weighted by molar-refractivity contribution is 5.88. The summed E-state index contributed by atoms with van der Waals surface area (Å²) in [7, 11) is 1.68. The maximum absolute atomic E-state index is 6.76. The molecular formula is C32H45N3O5. The van der Waals surface area contributed by atoms with Crippen LogP contribution in [0.4, 0.5) is 0 Å². The third-order valence-corrected chi connectivity index (χ3v) is 7.81. The number of benzene rings is 1. The largest absolute Gasteiger partial charge is 0.493 e. The summed E-state index contributed by atoms with van der Waals surface area (Å²) >= 11 is 0. The number of fused-ring (bicyclic) bond motifs is 1. The molecule has 40 heavy (non-hydrogen) atoms. The highest BCUT2D eigenvalue weighted by Gasteiger charge is 2.25. The minimum Gasteiger partial charge on any atom is -0.493 e. The fourth-order valence-corrected chi connectivity index (χ4v) is 5.30. The number of morpholine rings is 1. The van der Waals surface area contributed by atoms with Gasteiger partial charge in [0, 0.05) is 62.7 Å². The van der Waals surface area contributed by atoms with E-state index in [2.05, 4.69) is 34.4 Å². The summed E-state index contributed by atoms with van der Waals surface area (Å²) in [5.74, 6) is 3.47. The molecule has 3 fully saturated rings. The van der Waals surface area contributed by atoms with E-state index in [0.29, 0.717) is 30.1 Å². The molecule has 2 saturated heterocycles. The van der Waals surface area contributed by atoms with Crippen LogP contribution in [-0.2, 0) is 9.47 Å². The standard InChI is InChI=1S/C32H45N3O5/c1-3-4-6-26(24-10-17-37-18-11-24)32(23-34-25-7-8-25)40-29-9-12-33-28-22-31(30(36-2)21-27(28)29)39-16-5-13-35-14-19-38-20-15-35/h6,9,12,21-25,34H,3-5,7-8,10-11,13-20H2,1-2H3/b26-6+,32-23+. The first-order valence-electron chi connectivity index (χ1n) is 15.1. The molecule has 1 saturated carbocycles. The predicted molar refractivity (Wildman–Crippen MR) is 157 cm³/mol. The first-order valence-corrected chi connectivity index (χ1v) is 15.1. The lowest BCUT2D eigenvalue weighted by Crippen LogP contribution is -2.37. The number of ether oxygens (including phenoxy) is 5. The van der Waals surface area contributed by atoms with E-state index >= 15 is 0 Å². The van der Waals surface area contributed by atoms with Gasteiger partial charge in [-0.1, -0.05) is 19.4 Å². The second-order valence-corrected chi connectivity index (χ2v) is 10.9. The van der Waals surface area contributed by atoms with Crippen molar-refractivity contribution in [3.63, 3.8) is 0 Å². The number of nitrogens with zero attached hydrogens (tertiary/aromatic N) is 2. The van der Waals surface area contributed by atoms with Crippen molar-refractivity contribution in [2.24, 2.45) is 5.92 Å². The molecule has 1 N–H and O–H groups in total. The van der Waals surface area contributed by atoms with Crippen molar-refractivity contribution in [3.8, 4) is 17.2 Å². The third kappa shape index (κ3) is 7.89. The third-order valence-electron chi connectivity index (χ3n) is 7.81. The zero-order valence-electron chi connectivity index (χ0n) is 24.2. The maximum Gasteiger partial charge on any atom is 0.163 e. The quantitative estimate of drug-likeness (QED) is 0.188. The Morgan fingerprint density at radius 1 is 1.05 bits per heavy atom. The van der Waals surface area contributed by atoms with Gasteiger partial charge < -0.3 is 29.0 Å². The summed E-state index contributed by atoms with van der Waals surface area (Å²) < 4.78 is 29.8. The number of aromatic nitrogens is 1. The molecule has 1 aromatic carbocycles. The van der Waals surface area contributed by atoms with Crippen LogP contribution < -0.4 is 19.5 Å². The van der Waals surface area contributed by atoms with Crippen LogP contribution >= 0.6 is 0 Å². The molecule has 1 aliphatic carbocycles. The lowest BCUT2D eigenvalue weighted by molar-refractivity contribution is 0.0357. The lowest BCUT2D eigenvalue weighted by atomic mass is 9.89. The van der Waals surface area contributed by atoms with Crippen molar-refractivity contribution in [2.45, 2.75) is 57.9 Å². The molecule has 8 heteroatoms. The number of unbranched alkanes of at least 4 members (excludes halogenated alkanes) is 1. The second-order valence-electron chi connectivity index (χ2n) is 10.9. The van der Waals surface area contributed by atoms with Gasteiger partial charge in [-0.2, -0.15) is 0 Å². The Balaban J connectivity index is 1.35. The number of hydrogen-bond acceptors (Lipinski definition) is 8. The van der Waals surface area contributed by atoms with Crippen molar-refractivity contribution in [2.75, 3.05) is 59.8 Å². The van der Waals surface area contributed by atoms with Crippen LogP contribution in [0.3, 0.4) is 0 Å². The average Bonchev–Trinajstić information content (AvgIpc) is 3.83. The van der Waals surface area contributed by atoms with Gasteiger partial charge in [0.05, 0.1) is 32.4 Å². The summed E-state index contributed by atoms with van der Waals surface area (Å²) in [5, 5.41) is 4.48. The minimum absolute atomic E-state index is 0.424. The lowest BCUT2D eigenvalue weighted by Gasteiger charge is -2.27. The van der Waals surface area contributed by atoms with Gasteiger partial charge in [0.25, 0.3) is 0 Å². The average molecular weight is 552 g/mol. The van der Waals surface area contributed by atoms with E-state index in [-0.39, 0.29) is 0 Å². The summed E-state index contributed by atoms with van der Waals surface area (Å²) in [4.78, 5) is 7.07. The number of nitrogens with one attached hydrogen (secondary N) is 1. The Hall–Kier alpha value is -2.81. The van der Waals surface area contributed by atoms with E-state index in [1.807, 2.05) is 24.4 Å². The zero-order chi connectivity index (χ0) is 27.6. The van der Waals surface area contributed by atoms with Crippen LogP contribution in [0.25, 0.3) is 10.9 Å². The first kappa shape index (κ1) is 28.7. The minimum atomic E-state index is 0.424. The fraction of sp³-hybridized carbons (Fsp3) is 0.594. The van der Waals surface area contributed by atoms with Crippen LogP contribution in [0.1, 0.15) is 51.9 Å². The van der Waals surface area contributed by atoms with Gasteiger partial charge in [0.1, 0.15) is 11.5 Å². The molecule has 218 valence electrons. The van der Waals surface area contributed by atoms with Gasteiger partial charge in [-0.05, 0) is 62.1 Å². The molecule has 1 aromatic heterocycles. The zero-order valence-corrected chi connectivity index (χ0v) is 24.2. The SMILES string of the molecule is CCC/C=C(/C(=C\NC1CC1)Oc1ccnc2cc(OCCCN3CCOCC3)c(OC)cc12)C1CCOCC1. The monoisotopic (exact) mass is 551 g/mol. The molecule has 2 aliphatic heterocycles. The summed E-state index contributed by atoms with van der Waals surface area (Å²) in [5.41, 5.74) is 2.09. The number of methoxy groups -OCH3 is 1. The van der Waals surface area contributed by atoms with Crippen LogP contribution in [0.5, 0.6) is 17.2 Å². The molecule has 0 amide bonds. The fourth-order valence-electron chi connectivity index (χ4n) is 5.30. The number of pyridine rings is 1. The van der Waals surface area contributed by atoms with Crippen LogP contribution in [0.15, 0.2) is 48.0 Å². The smallest absolute Gasteiger partial charge is 0.163 e. The van der Waals surface area contributed by atoms with Crippen LogP contribution in [0.2, 0.25) is 0 Å². The highest BCUT2D eigenvalue weighted by atomic mass is 16.5. The van der Waals surface area contributed by atoms with E-state index in [0.717, 1.165) is 101 Å². The molecule has 0 radical (unpaired) electrons. The topological polar surface area (TPSA) is 74.3 Å². The summed E-state index contributed by atoms with van der Waals surface area (Å²) in [6.07, 6.45) is 13.8. The Kier molecular flexibility index (Phi) is 10.6. The molecule has 0 unspecified atom stereocenters. The van der Waals surface area contributed by atoms with Crippen molar-refractivity contribution >= 4 is 10.9 Å². The normalized spacial score (nSPS) is 19.6. The van der Waals surface area contributed by atoms with Gasteiger partial charge in [-0.15, -0.1) is 0 Å². The maximum atomic E-state index is 6.76. The molecule has 8 nitrogen and oxygen atoms in total. The van der Waals surface area contributed by atoms with E-state index in [1.54, 1.807) is 7.11 Å². The molecule has 5 rings (SSSR count). The predicted octanol–water partition coefficient (Wildman–Crippen LogP) is 5.47. The van der Waals surface area contributed by atoms with E-state index in [1.165, 1.54) is 18.4 Å². The molecular weight excluding hydrogens is 506 g/mol. The summed E-state index contributed by atoms with van der Waals surface area (Å²) in [6, 6.07) is 6.44. The number of allylic oxidation sites excluding steroid dienone is 2. The Morgan fingerprint density at radius 3 is 2.60 bits per heavy atom.